The Bertz CT molecular complexity index is 730. The fourth-order valence-corrected chi connectivity index (χ4v) is 2.92. The Morgan fingerprint density at radius 3 is 2.64 bits per heavy atom. The van der Waals surface area contributed by atoms with Gasteiger partial charge in [0.2, 0.25) is 0 Å². The number of benzene rings is 2. The van der Waals surface area contributed by atoms with E-state index in [9.17, 15) is 5.11 Å². The summed E-state index contributed by atoms with van der Waals surface area (Å²) >= 11 is 12.0. The van der Waals surface area contributed by atoms with Crippen molar-refractivity contribution < 1.29 is 9.84 Å². The second kappa shape index (κ2) is 6.07. The summed E-state index contributed by atoms with van der Waals surface area (Å²) in [7, 11) is 1.63. The van der Waals surface area contributed by atoms with Crippen molar-refractivity contribution in [2.45, 2.75) is 12.5 Å². The van der Waals surface area contributed by atoms with Crippen LogP contribution < -0.4 is 10.2 Å². The van der Waals surface area contributed by atoms with E-state index in [0.29, 0.717) is 17.0 Å². The molecule has 0 aromatic heterocycles. The average Bonchev–Trinajstić information content (AvgIpc) is 3.00. The topological polar surface area (TPSA) is 53.9 Å². The predicted molar refractivity (Wildman–Crippen MR) is 88.2 cm³/mol. The van der Waals surface area contributed by atoms with E-state index in [1.807, 2.05) is 24.3 Å². The minimum absolute atomic E-state index is 0.00185. The minimum atomic E-state index is 0.00185. The van der Waals surface area contributed by atoms with Gasteiger partial charge < -0.3 is 15.3 Å². The number of hydrazone groups is 1. The lowest BCUT2D eigenvalue weighted by atomic mass is 9.98. The van der Waals surface area contributed by atoms with Gasteiger partial charge >= 0.3 is 0 Å². The molecule has 2 aromatic carbocycles. The molecule has 1 atom stereocenters. The first-order chi connectivity index (χ1) is 10.6. The number of phenolic OH excluding ortho intramolecular Hbond substituents is 1. The molecule has 3 rings (SSSR count). The summed E-state index contributed by atoms with van der Waals surface area (Å²) in [6.07, 6.45) is 0.635. The van der Waals surface area contributed by atoms with E-state index in [-0.39, 0.29) is 16.8 Å². The first-order valence-corrected chi connectivity index (χ1v) is 7.48. The summed E-state index contributed by atoms with van der Waals surface area (Å²) in [4.78, 5) is 0. The third kappa shape index (κ3) is 2.85. The molecule has 2 aromatic rings. The van der Waals surface area contributed by atoms with E-state index < -0.39 is 0 Å². The molecular formula is C16H14Cl2N2O2. The Hall–Kier alpha value is -1.91. The highest BCUT2D eigenvalue weighted by atomic mass is 35.5. The number of nitrogens with zero attached hydrogens (tertiary/aromatic N) is 1. The highest BCUT2D eigenvalue weighted by Crippen LogP contribution is 2.35. The number of aromatic hydroxyl groups is 1. The van der Waals surface area contributed by atoms with Crippen LogP contribution in [0.1, 0.15) is 23.6 Å². The number of phenols is 1. The number of hydrogen-bond donors (Lipinski definition) is 2. The van der Waals surface area contributed by atoms with Gasteiger partial charge in [0.1, 0.15) is 11.5 Å². The minimum Gasteiger partial charge on any atom is -0.506 e. The quantitative estimate of drug-likeness (QED) is 0.885. The second-order valence-corrected chi connectivity index (χ2v) is 5.84. The molecule has 1 aliphatic heterocycles. The van der Waals surface area contributed by atoms with Gasteiger partial charge in [-0.3, -0.25) is 0 Å². The molecular weight excluding hydrogens is 323 g/mol. The lowest BCUT2D eigenvalue weighted by Gasteiger charge is -2.11. The fourth-order valence-electron chi connectivity index (χ4n) is 2.43. The highest BCUT2D eigenvalue weighted by Gasteiger charge is 2.24. The van der Waals surface area contributed by atoms with Gasteiger partial charge in [-0.15, -0.1) is 0 Å². The zero-order chi connectivity index (χ0) is 15.7. The number of nitrogens with one attached hydrogen (secondary N) is 1. The van der Waals surface area contributed by atoms with Gasteiger partial charge in [0.25, 0.3) is 0 Å². The van der Waals surface area contributed by atoms with Crippen molar-refractivity contribution in [1.29, 1.82) is 0 Å². The number of hydrogen-bond acceptors (Lipinski definition) is 4. The normalized spacial score (nSPS) is 17.0. The molecule has 1 heterocycles. The van der Waals surface area contributed by atoms with Crippen LogP contribution in [0, 0.1) is 0 Å². The van der Waals surface area contributed by atoms with Crippen LogP contribution in [0.25, 0.3) is 0 Å². The monoisotopic (exact) mass is 336 g/mol. The molecule has 0 amide bonds. The van der Waals surface area contributed by atoms with E-state index >= 15 is 0 Å². The molecule has 6 heteroatoms. The highest BCUT2D eigenvalue weighted by molar-refractivity contribution is 6.36. The van der Waals surface area contributed by atoms with Gasteiger partial charge in [-0.2, -0.15) is 5.10 Å². The van der Waals surface area contributed by atoms with Gasteiger partial charge in [0.05, 0.1) is 23.9 Å². The Kier molecular flexibility index (Phi) is 4.14. The zero-order valence-electron chi connectivity index (χ0n) is 11.8. The van der Waals surface area contributed by atoms with Crippen molar-refractivity contribution in [2.24, 2.45) is 5.10 Å². The van der Waals surface area contributed by atoms with E-state index in [2.05, 4.69) is 10.5 Å². The summed E-state index contributed by atoms with van der Waals surface area (Å²) in [5.74, 6) is 0.809. The molecule has 2 N–H and O–H groups in total. The van der Waals surface area contributed by atoms with Crippen molar-refractivity contribution in [3.63, 3.8) is 0 Å². The molecule has 0 saturated carbocycles. The number of rotatable bonds is 3. The zero-order valence-corrected chi connectivity index (χ0v) is 13.3. The summed E-state index contributed by atoms with van der Waals surface area (Å²) in [5.41, 5.74) is 5.45. The van der Waals surface area contributed by atoms with E-state index in [4.69, 9.17) is 27.9 Å². The fraction of sp³-hybridized carbons (Fsp3) is 0.188. The molecule has 0 saturated heterocycles. The average molecular weight is 337 g/mol. The van der Waals surface area contributed by atoms with Crippen molar-refractivity contribution >= 4 is 28.9 Å². The number of halogens is 2. The van der Waals surface area contributed by atoms with Crippen molar-refractivity contribution in [1.82, 2.24) is 5.43 Å². The van der Waals surface area contributed by atoms with Crippen LogP contribution in [-0.2, 0) is 0 Å². The van der Waals surface area contributed by atoms with Crippen LogP contribution in [0.3, 0.4) is 0 Å². The summed E-state index contributed by atoms with van der Waals surface area (Å²) < 4.78 is 5.15. The van der Waals surface area contributed by atoms with Crippen LogP contribution >= 0.6 is 23.2 Å². The van der Waals surface area contributed by atoms with E-state index in [0.717, 1.165) is 17.0 Å². The summed E-state index contributed by atoms with van der Waals surface area (Å²) in [6, 6.07) is 11.0. The first-order valence-electron chi connectivity index (χ1n) is 6.73. The van der Waals surface area contributed by atoms with Gasteiger partial charge in [0.15, 0.2) is 0 Å². The molecule has 22 heavy (non-hydrogen) atoms. The maximum Gasteiger partial charge on any atom is 0.143 e. The van der Waals surface area contributed by atoms with Crippen LogP contribution in [0.4, 0.5) is 0 Å². The smallest absolute Gasteiger partial charge is 0.143 e. The van der Waals surface area contributed by atoms with Gasteiger partial charge in [-0.1, -0.05) is 35.3 Å². The van der Waals surface area contributed by atoms with E-state index in [1.165, 1.54) is 6.07 Å². The van der Waals surface area contributed by atoms with Crippen LogP contribution in [0.15, 0.2) is 41.5 Å². The Morgan fingerprint density at radius 2 is 1.95 bits per heavy atom. The standard InChI is InChI=1S/C16H14Cl2N2O2/c1-22-11-4-2-9(3-5-11)14-8-15(20-19-14)12-6-10(17)7-13(18)16(12)21/h2-7,14,19,21H,8H2,1H3. The number of methoxy groups -OCH3 is 1. The second-order valence-electron chi connectivity index (χ2n) is 5.00. The van der Waals surface area contributed by atoms with Crippen molar-refractivity contribution in [2.75, 3.05) is 7.11 Å². The number of ether oxygens (including phenoxy) is 1. The summed E-state index contributed by atoms with van der Waals surface area (Å²) in [6.45, 7) is 0. The molecule has 0 bridgehead atoms. The van der Waals surface area contributed by atoms with E-state index in [1.54, 1.807) is 13.2 Å². The van der Waals surface area contributed by atoms with Crippen LogP contribution in [-0.4, -0.2) is 17.9 Å². The molecule has 114 valence electrons. The first kappa shape index (κ1) is 15.0. The third-order valence-corrected chi connectivity index (χ3v) is 4.12. The third-order valence-electron chi connectivity index (χ3n) is 3.61. The molecule has 0 aliphatic carbocycles. The van der Waals surface area contributed by atoms with Crippen LogP contribution in [0.5, 0.6) is 11.5 Å². The summed E-state index contributed by atoms with van der Waals surface area (Å²) in [5, 5.41) is 15.1. The maximum atomic E-state index is 10.1. The van der Waals surface area contributed by atoms with Gasteiger partial charge in [0, 0.05) is 17.0 Å². The molecule has 1 aliphatic rings. The predicted octanol–water partition coefficient (Wildman–Crippen LogP) is 4.15. The lowest BCUT2D eigenvalue weighted by molar-refractivity contribution is 0.414. The Labute approximate surface area is 138 Å². The molecule has 4 nitrogen and oxygen atoms in total. The SMILES string of the molecule is COc1ccc(C2CC(c3cc(Cl)cc(Cl)c3O)=NN2)cc1. The lowest BCUT2D eigenvalue weighted by Crippen LogP contribution is -2.09. The van der Waals surface area contributed by atoms with Crippen LogP contribution in [0.2, 0.25) is 10.0 Å². The Morgan fingerprint density at radius 1 is 1.23 bits per heavy atom. The largest absolute Gasteiger partial charge is 0.506 e. The maximum absolute atomic E-state index is 10.1. The molecule has 0 fully saturated rings. The Balaban J connectivity index is 1.82. The molecule has 1 unspecified atom stereocenters. The molecule has 0 spiro atoms. The molecule has 0 radical (unpaired) electrons. The van der Waals surface area contributed by atoms with Gasteiger partial charge in [-0.05, 0) is 29.8 Å². The van der Waals surface area contributed by atoms with Crippen molar-refractivity contribution in [3.05, 3.63) is 57.6 Å². The van der Waals surface area contributed by atoms with Crippen molar-refractivity contribution in [3.8, 4) is 11.5 Å². The van der Waals surface area contributed by atoms with Gasteiger partial charge in [-0.25, -0.2) is 0 Å².